The fourth-order valence-corrected chi connectivity index (χ4v) is 7.96. The average molecular weight is 585 g/mol. The van der Waals surface area contributed by atoms with E-state index in [-0.39, 0.29) is 11.9 Å². The van der Waals surface area contributed by atoms with Gasteiger partial charge in [0.2, 0.25) is 0 Å². The van der Waals surface area contributed by atoms with Gasteiger partial charge < -0.3 is 24.6 Å². The van der Waals surface area contributed by atoms with E-state index in [1.54, 1.807) is 38.8 Å². The van der Waals surface area contributed by atoms with E-state index in [1.807, 2.05) is 35.2 Å². The van der Waals surface area contributed by atoms with E-state index in [4.69, 9.17) is 9.47 Å². The zero-order valence-corrected chi connectivity index (χ0v) is 24.8. The fraction of sp³-hybridized carbons (Fsp3) is 0.414. The molecule has 214 valence electrons. The summed E-state index contributed by atoms with van der Waals surface area (Å²) in [6, 6.07) is 14.8. The van der Waals surface area contributed by atoms with Crippen LogP contribution in [0.5, 0.6) is 11.5 Å². The van der Waals surface area contributed by atoms with Crippen molar-refractivity contribution < 1.29 is 22.7 Å². The first kappa shape index (κ1) is 28.4. The maximum atomic E-state index is 13.9. The number of anilines is 1. The summed E-state index contributed by atoms with van der Waals surface area (Å²) in [5.41, 5.74) is 3.82. The van der Waals surface area contributed by atoms with Gasteiger partial charge in [0.25, 0.3) is 15.9 Å². The second kappa shape index (κ2) is 12.2. The van der Waals surface area contributed by atoms with E-state index in [0.717, 1.165) is 48.6 Å². The second-order valence-corrected chi connectivity index (χ2v) is 13.2. The molecule has 0 unspecified atom stereocenters. The van der Waals surface area contributed by atoms with Crippen LogP contribution in [0.3, 0.4) is 0 Å². The second-order valence-electron chi connectivity index (χ2n) is 10.0. The fourth-order valence-electron chi connectivity index (χ4n) is 5.55. The molecule has 0 aliphatic carbocycles. The molecule has 1 N–H and O–H groups in total. The van der Waals surface area contributed by atoms with Crippen molar-refractivity contribution in [3.63, 3.8) is 0 Å². The van der Waals surface area contributed by atoms with Crippen molar-refractivity contribution in [3.05, 3.63) is 70.6 Å². The third-order valence-electron chi connectivity index (χ3n) is 7.71. The summed E-state index contributed by atoms with van der Waals surface area (Å²) < 4.78 is 38.7. The van der Waals surface area contributed by atoms with Crippen molar-refractivity contribution in [2.75, 3.05) is 58.9 Å². The van der Waals surface area contributed by atoms with Crippen molar-refractivity contribution in [1.82, 2.24) is 14.5 Å². The Kier molecular flexibility index (Phi) is 8.65. The van der Waals surface area contributed by atoms with E-state index >= 15 is 0 Å². The summed E-state index contributed by atoms with van der Waals surface area (Å²) in [6.45, 7) is 4.46. The van der Waals surface area contributed by atoms with E-state index in [0.29, 0.717) is 41.6 Å². The number of nitrogens with zero attached hydrogens (tertiary/aromatic N) is 3. The van der Waals surface area contributed by atoms with Crippen LogP contribution >= 0.6 is 11.3 Å². The van der Waals surface area contributed by atoms with Gasteiger partial charge in [0.05, 0.1) is 20.3 Å². The summed E-state index contributed by atoms with van der Waals surface area (Å²) in [5, 5.41) is 5.16. The quantitative estimate of drug-likeness (QED) is 0.365. The Bertz CT molecular complexity index is 1440. The van der Waals surface area contributed by atoms with Gasteiger partial charge >= 0.3 is 0 Å². The molecule has 5 rings (SSSR count). The molecule has 0 radical (unpaired) electrons. The van der Waals surface area contributed by atoms with E-state index in [2.05, 4.69) is 16.3 Å². The van der Waals surface area contributed by atoms with Gasteiger partial charge in [0.15, 0.2) is 11.5 Å². The Morgan fingerprint density at radius 1 is 1.05 bits per heavy atom. The highest BCUT2D eigenvalue weighted by Gasteiger charge is 2.36. The molecule has 2 aliphatic heterocycles. The summed E-state index contributed by atoms with van der Waals surface area (Å²) in [7, 11) is 1.25. The maximum absolute atomic E-state index is 13.9. The lowest BCUT2D eigenvalue weighted by Gasteiger charge is -2.32. The van der Waals surface area contributed by atoms with Crippen molar-refractivity contribution in [1.29, 1.82) is 0 Å². The maximum Gasteiger partial charge on any atom is 0.255 e. The summed E-state index contributed by atoms with van der Waals surface area (Å²) in [5.74, 6) is 1.20. The topological polar surface area (TPSA) is 91.4 Å². The minimum Gasteiger partial charge on any atom is -0.493 e. The summed E-state index contributed by atoms with van der Waals surface area (Å²) in [4.78, 5) is 18.1. The minimum atomic E-state index is -3.55. The number of carbonyl (C=O) groups excluding carboxylic acids is 1. The average Bonchev–Trinajstić information content (AvgIpc) is 3.65. The lowest BCUT2D eigenvalue weighted by Crippen LogP contribution is -2.43. The molecule has 1 amide bonds. The SMILES string of the molecule is COc1ccc([C@@H](CCCN(C)S(=O)(=O)c2cccs2)N2Cc3c(cccc3N3CCNCC3)C2=O)cc1OC. The zero-order chi connectivity index (χ0) is 28.3. The molecule has 11 heteroatoms. The van der Waals surface area contributed by atoms with Gasteiger partial charge in [-0.3, -0.25) is 4.79 Å². The first-order chi connectivity index (χ1) is 19.3. The first-order valence-corrected chi connectivity index (χ1v) is 15.8. The zero-order valence-electron chi connectivity index (χ0n) is 23.1. The molecule has 0 spiro atoms. The van der Waals surface area contributed by atoms with E-state index < -0.39 is 10.0 Å². The van der Waals surface area contributed by atoms with E-state index in [9.17, 15) is 13.2 Å². The Morgan fingerprint density at radius 2 is 1.82 bits per heavy atom. The number of sulfonamides is 1. The molecule has 1 fully saturated rings. The monoisotopic (exact) mass is 584 g/mol. The van der Waals surface area contributed by atoms with Crippen LogP contribution in [0.25, 0.3) is 0 Å². The highest BCUT2D eigenvalue weighted by Crippen LogP contribution is 2.40. The molecule has 40 heavy (non-hydrogen) atoms. The van der Waals surface area contributed by atoms with Crippen LogP contribution in [-0.4, -0.2) is 77.5 Å². The number of thiophene rings is 1. The Morgan fingerprint density at radius 3 is 2.52 bits per heavy atom. The van der Waals surface area contributed by atoms with Gasteiger partial charge in [-0.1, -0.05) is 18.2 Å². The molecule has 1 atom stereocenters. The highest BCUT2D eigenvalue weighted by molar-refractivity contribution is 7.91. The summed E-state index contributed by atoms with van der Waals surface area (Å²) in [6.07, 6.45) is 1.16. The Hall–Kier alpha value is -3.12. The number of methoxy groups -OCH3 is 2. The van der Waals surface area contributed by atoms with Crippen molar-refractivity contribution >= 4 is 33.0 Å². The van der Waals surface area contributed by atoms with Gasteiger partial charge in [-0.25, -0.2) is 12.7 Å². The number of rotatable bonds is 11. The molecule has 1 saturated heterocycles. The van der Waals surface area contributed by atoms with Crippen LogP contribution in [0, 0.1) is 0 Å². The third kappa shape index (κ3) is 5.56. The van der Waals surface area contributed by atoms with Crippen LogP contribution in [-0.2, 0) is 16.6 Å². The molecular weight excluding hydrogens is 548 g/mol. The lowest BCUT2D eigenvalue weighted by molar-refractivity contribution is 0.0688. The summed E-state index contributed by atoms with van der Waals surface area (Å²) >= 11 is 1.21. The number of amides is 1. The van der Waals surface area contributed by atoms with Gasteiger partial charge in [0, 0.05) is 63.1 Å². The predicted octanol–water partition coefficient (Wildman–Crippen LogP) is 3.97. The van der Waals surface area contributed by atoms with Crippen LogP contribution in [0.2, 0.25) is 0 Å². The van der Waals surface area contributed by atoms with E-state index in [1.165, 1.54) is 15.6 Å². The van der Waals surface area contributed by atoms with Crippen LogP contribution in [0.15, 0.2) is 58.1 Å². The number of ether oxygens (including phenoxy) is 2. The molecule has 0 bridgehead atoms. The molecular formula is C29H36N4O5S2. The molecule has 3 heterocycles. The van der Waals surface area contributed by atoms with Crippen LogP contribution in [0.4, 0.5) is 5.69 Å². The Balaban J connectivity index is 1.42. The first-order valence-electron chi connectivity index (χ1n) is 13.5. The number of hydrogen-bond acceptors (Lipinski definition) is 8. The minimum absolute atomic E-state index is 0.00803. The number of nitrogens with one attached hydrogen (secondary N) is 1. The standard InChI is InChI=1S/C29H36N4O5S2/c1-31(40(35,36)28-10-6-18-39-28)15-5-9-24(21-11-12-26(37-2)27(19-21)38-3)33-20-23-22(29(33)34)7-4-8-25(23)32-16-13-30-14-17-32/h4,6-8,10-12,18-19,24,30H,5,9,13-17,20H2,1-3H3/t24-/m1/s1. The number of fused-ring (bicyclic) bond motifs is 1. The van der Waals surface area contributed by atoms with Crippen molar-refractivity contribution in [2.24, 2.45) is 0 Å². The number of piperazine rings is 1. The number of carbonyl (C=O) groups is 1. The van der Waals surface area contributed by atoms with Crippen molar-refractivity contribution in [3.8, 4) is 11.5 Å². The lowest BCUT2D eigenvalue weighted by atomic mass is 9.99. The Labute approximate surface area is 240 Å². The molecule has 1 aromatic heterocycles. The molecule has 2 aromatic carbocycles. The predicted molar refractivity (Wildman–Crippen MR) is 157 cm³/mol. The number of benzene rings is 2. The largest absolute Gasteiger partial charge is 0.493 e. The smallest absolute Gasteiger partial charge is 0.255 e. The molecule has 2 aliphatic rings. The van der Waals surface area contributed by atoms with Gasteiger partial charge in [0.1, 0.15) is 4.21 Å². The van der Waals surface area contributed by atoms with Crippen molar-refractivity contribution in [2.45, 2.75) is 29.6 Å². The molecule has 9 nitrogen and oxygen atoms in total. The van der Waals surface area contributed by atoms with Gasteiger partial charge in [-0.2, -0.15) is 0 Å². The highest BCUT2D eigenvalue weighted by atomic mass is 32.2. The number of hydrogen-bond donors (Lipinski definition) is 1. The third-order valence-corrected chi connectivity index (χ3v) is 10.9. The van der Waals surface area contributed by atoms with Crippen LogP contribution < -0.4 is 19.7 Å². The molecule has 0 saturated carbocycles. The molecule has 3 aromatic rings. The van der Waals surface area contributed by atoms with Gasteiger partial charge in [-0.15, -0.1) is 11.3 Å². The van der Waals surface area contributed by atoms with Gasteiger partial charge in [-0.05, 0) is 54.1 Å². The normalized spacial score (nSPS) is 16.4. The van der Waals surface area contributed by atoms with Crippen LogP contribution in [0.1, 0.15) is 40.4 Å².